The zero-order chi connectivity index (χ0) is 23.5. The van der Waals surface area contributed by atoms with E-state index in [0.29, 0.717) is 28.5 Å². The van der Waals surface area contributed by atoms with Crippen molar-refractivity contribution in [2.24, 2.45) is 0 Å². The molecule has 0 radical (unpaired) electrons. The van der Waals surface area contributed by atoms with Crippen LogP contribution in [0.3, 0.4) is 0 Å². The third-order valence-electron chi connectivity index (χ3n) is 4.46. The molecule has 0 fully saturated rings. The first-order valence-corrected chi connectivity index (χ1v) is 10.3. The molecule has 0 aliphatic rings. The minimum Gasteiger partial charge on any atom is -0.497 e. The van der Waals surface area contributed by atoms with Crippen molar-refractivity contribution < 1.29 is 23.4 Å². The number of benzene rings is 2. The SMILES string of the molecule is CC.COc1ccc(OCF)c(CN(C(C)=O)c2cccnc2Oc2ccc(C)cc2)c1. The van der Waals surface area contributed by atoms with Gasteiger partial charge in [-0.3, -0.25) is 4.79 Å². The van der Waals surface area contributed by atoms with Crippen molar-refractivity contribution in [1.82, 2.24) is 4.98 Å². The lowest BCUT2D eigenvalue weighted by molar-refractivity contribution is -0.116. The van der Waals surface area contributed by atoms with Gasteiger partial charge in [-0.25, -0.2) is 9.37 Å². The van der Waals surface area contributed by atoms with Crippen LogP contribution < -0.4 is 19.1 Å². The highest BCUT2D eigenvalue weighted by atomic mass is 19.1. The van der Waals surface area contributed by atoms with Gasteiger partial charge < -0.3 is 19.1 Å². The Hall–Kier alpha value is -3.61. The Morgan fingerprint density at radius 2 is 1.75 bits per heavy atom. The van der Waals surface area contributed by atoms with Crippen LogP contribution in [0.5, 0.6) is 23.1 Å². The van der Waals surface area contributed by atoms with E-state index in [9.17, 15) is 9.18 Å². The summed E-state index contributed by atoms with van der Waals surface area (Å²) in [6.45, 7) is 6.57. The fourth-order valence-electron chi connectivity index (χ4n) is 2.93. The number of carbonyl (C=O) groups is 1. The number of halogens is 1. The van der Waals surface area contributed by atoms with Crippen LogP contribution in [0.1, 0.15) is 31.9 Å². The second-order valence-electron chi connectivity index (χ2n) is 6.58. The van der Waals surface area contributed by atoms with Gasteiger partial charge in [0.25, 0.3) is 0 Å². The van der Waals surface area contributed by atoms with E-state index in [1.807, 2.05) is 45.0 Å². The van der Waals surface area contributed by atoms with Gasteiger partial charge in [0.15, 0.2) is 0 Å². The third-order valence-corrected chi connectivity index (χ3v) is 4.46. The summed E-state index contributed by atoms with van der Waals surface area (Å²) in [5.74, 6) is 1.56. The number of alkyl halides is 1. The lowest BCUT2D eigenvalue weighted by Crippen LogP contribution is -2.28. The molecule has 0 saturated carbocycles. The van der Waals surface area contributed by atoms with Crippen molar-refractivity contribution in [3.63, 3.8) is 0 Å². The van der Waals surface area contributed by atoms with Gasteiger partial charge in [-0.15, -0.1) is 0 Å². The first-order valence-electron chi connectivity index (χ1n) is 10.3. The van der Waals surface area contributed by atoms with Crippen LogP contribution in [0.15, 0.2) is 60.8 Å². The van der Waals surface area contributed by atoms with Gasteiger partial charge in [-0.1, -0.05) is 31.5 Å². The molecule has 0 N–H and O–H groups in total. The fourth-order valence-corrected chi connectivity index (χ4v) is 2.93. The number of nitrogens with zero attached hydrogens (tertiary/aromatic N) is 2. The topological polar surface area (TPSA) is 60.9 Å². The van der Waals surface area contributed by atoms with E-state index in [0.717, 1.165) is 5.56 Å². The van der Waals surface area contributed by atoms with Crippen molar-refractivity contribution in [2.45, 2.75) is 34.2 Å². The Labute approximate surface area is 188 Å². The lowest BCUT2D eigenvalue weighted by Gasteiger charge is -2.24. The van der Waals surface area contributed by atoms with Crippen LogP contribution >= 0.6 is 0 Å². The Morgan fingerprint density at radius 1 is 1.06 bits per heavy atom. The number of hydrogen-bond donors (Lipinski definition) is 0. The summed E-state index contributed by atoms with van der Waals surface area (Å²) in [5, 5.41) is 0. The highest BCUT2D eigenvalue weighted by molar-refractivity contribution is 5.92. The summed E-state index contributed by atoms with van der Waals surface area (Å²) in [5.41, 5.74) is 2.18. The van der Waals surface area contributed by atoms with E-state index in [4.69, 9.17) is 14.2 Å². The number of anilines is 1. The number of aryl methyl sites for hydroxylation is 1. The molecule has 0 aliphatic heterocycles. The van der Waals surface area contributed by atoms with E-state index in [1.165, 1.54) is 18.9 Å². The molecule has 1 aromatic heterocycles. The second kappa shape index (κ2) is 12.3. The van der Waals surface area contributed by atoms with Gasteiger partial charge in [0, 0.05) is 18.7 Å². The minimum atomic E-state index is -0.978. The van der Waals surface area contributed by atoms with Gasteiger partial charge >= 0.3 is 0 Å². The van der Waals surface area contributed by atoms with E-state index >= 15 is 0 Å². The minimum absolute atomic E-state index is 0.123. The molecule has 0 aliphatic carbocycles. The Balaban J connectivity index is 0.00000176. The Bertz CT molecular complexity index is 1010. The monoisotopic (exact) mass is 440 g/mol. The molecule has 7 heteroatoms. The summed E-state index contributed by atoms with van der Waals surface area (Å²) < 4.78 is 29.1. The van der Waals surface area contributed by atoms with Gasteiger partial charge in [0.1, 0.15) is 22.9 Å². The molecule has 32 heavy (non-hydrogen) atoms. The van der Waals surface area contributed by atoms with E-state index in [1.54, 1.807) is 36.5 Å². The molecular formula is C25H29FN2O4. The number of amides is 1. The average molecular weight is 441 g/mol. The van der Waals surface area contributed by atoms with E-state index < -0.39 is 6.86 Å². The van der Waals surface area contributed by atoms with Crippen LogP contribution in [-0.2, 0) is 11.3 Å². The van der Waals surface area contributed by atoms with Crippen molar-refractivity contribution >= 4 is 11.6 Å². The molecule has 0 unspecified atom stereocenters. The highest BCUT2D eigenvalue weighted by Gasteiger charge is 2.20. The van der Waals surface area contributed by atoms with Crippen molar-refractivity contribution in [1.29, 1.82) is 0 Å². The average Bonchev–Trinajstić information content (AvgIpc) is 2.81. The Morgan fingerprint density at radius 3 is 2.38 bits per heavy atom. The third kappa shape index (κ3) is 6.44. The predicted molar refractivity (Wildman–Crippen MR) is 123 cm³/mol. The van der Waals surface area contributed by atoms with Crippen LogP contribution in [0.25, 0.3) is 0 Å². The smallest absolute Gasteiger partial charge is 0.243 e. The standard InChI is InChI=1S/C23H23FN2O4.C2H6/c1-16-6-8-19(9-7-16)30-23-21(5-4-12-25-23)26(17(2)27)14-18-13-20(28-3)10-11-22(18)29-15-24;1-2/h4-13H,14-15H2,1-3H3;1-2H3. The number of carbonyl (C=O) groups excluding carboxylic acids is 1. The molecule has 170 valence electrons. The van der Waals surface area contributed by atoms with Crippen molar-refractivity contribution in [3.8, 4) is 23.1 Å². The highest BCUT2D eigenvalue weighted by Crippen LogP contribution is 2.33. The van der Waals surface area contributed by atoms with Crippen LogP contribution in [0.2, 0.25) is 0 Å². The van der Waals surface area contributed by atoms with Crippen LogP contribution in [0, 0.1) is 6.92 Å². The maximum Gasteiger partial charge on any atom is 0.243 e. The zero-order valence-corrected chi connectivity index (χ0v) is 19.1. The molecule has 1 heterocycles. The molecule has 0 bridgehead atoms. The molecule has 0 spiro atoms. The summed E-state index contributed by atoms with van der Waals surface area (Å²) in [6.07, 6.45) is 1.59. The van der Waals surface area contributed by atoms with E-state index in [-0.39, 0.29) is 18.3 Å². The number of rotatable bonds is 8. The lowest BCUT2D eigenvalue weighted by atomic mass is 10.1. The first-order chi connectivity index (χ1) is 15.5. The normalized spacial score (nSPS) is 9.94. The largest absolute Gasteiger partial charge is 0.497 e. The van der Waals surface area contributed by atoms with Crippen LogP contribution in [-0.4, -0.2) is 24.9 Å². The maximum absolute atomic E-state index is 12.8. The number of pyridine rings is 1. The molecular weight excluding hydrogens is 411 g/mol. The Kier molecular flexibility index (Phi) is 9.47. The summed E-state index contributed by atoms with van der Waals surface area (Å²) in [7, 11) is 1.53. The molecule has 0 atom stereocenters. The van der Waals surface area contributed by atoms with Gasteiger partial charge in [0.2, 0.25) is 18.6 Å². The quantitative estimate of drug-likeness (QED) is 0.425. The molecule has 1 amide bonds. The summed E-state index contributed by atoms with van der Waals surface area (Å²) >= 11 is 0. The van der Waals surface area contributed by atoms with E-state index in [2.05, 4.69) is 4.98 Å². The van der Waals surface area contributed by atoms with Crippen molar-refractivity contribution in [3.05, 3.63) is 71.9 Å². The summed E-state index contributed by atoms with van der Waals surface area (Å²) in [6, 6.07) is 16.0. The van der Waals surface area contributed by atoms with Crippen molar-refractivity contribution in [2.75, 3.05) is 18.9 Å². The fraction of sp³-hybridized carbons (Fsp3) is 0.280. The van der Waals surface area contributed by atoms with Gasteiger partial charge in [-0.05, 0) is 49.4 Å². The zero-order valence-electron chi connectivity index (χ0n) is 19.1. The predicted octanol–water partition coefficient (Wildman–Crippen LogP) is 6.08. The summed E-state index contributed by atoms with van der Waals surface area (Å²) in [4.78, 5) is 18.3. The molecule has 3 aromatic rings. The number of ether oxygens (including phenoxy) is 3. The number of hydrogen-bond acceptors (Lipinski definition) is 5. The number of methoxy groups -OCH3 is 1. The molecule has 6 nitrogen and oxygen atoms in total. The molecule has 2 aromatic carbocycles. The molecule has 0 saturated heterocycles. The number of aromatic nitrogens is 1. The van der Waals surface area contributed by atoms with Crippen LogP contribution in [0.4, 0.5) is 10.1 Å². The first kappa shape index (κ1) is 24.7. The maximum atomic E-state index is 12.8. The second-order valence-corrected chi connectivity index (χ2v) is 6.58. The van der Waals surface area contributed by atoms with Gasteiger partial charge in [0.05, 0.1) is 13.7 Å². The molecule has 3 rings (SSSR count). The van der Waals surface area contributed by atoms with Gasteiger partial charge in [-0.2, -0.15) is 0 Å².